The molecule has 2 N–H and O–H groups in total. The van der Waals surface area contributed by atoms with Crippen molar-refractivity contribution in [2.45, 2.75) is 26.3 Å². The summed E-state index contributed by atoms with van der Waals surface area (Å²) >= 11 is 0. The molecule has 38 heavy (non-hydrogen) atoms. The molecule has 0 fully saturated rings. The summed E-state index contributed by atoms with van der Waals surface area (Å²) in [6.45, 7) is 15.2. The van der Waals surface area contributed by atoms with Gasteiger partial charge in [0.15, 0.2) is 0 Å². The maximum absolute atomic E-state index is 13.5. The van der Waals surface area contributed by atoms with Crippen LogP contribution in [0, 0.1) is 5.82 Å². The first kappa shape index (κ1) is 28.0. The molecule has 0 radical (unpaired) electrons. The summed E-state index contributed by atoms with van der Waals surface area (Å²) in [6, 6.07) is 10.5. The number of benzene rings is 2. The van der Waals surface area contributed by atoms with Gasteiger partial charge in [0, 0.05) is 23.4 Å². The van der Waals surface area contributed by atoms with Crippen molar-refractivity contribution in [1.82, 2.24) is 10.4 Å². The van der Waals surface area contributed by atoms with Gasteiger partial charge in [0.1, 0.15) is 11.7 Å². The number of halogens is 1. The Balaban J connectivity index is 1.93. The first-order chi connectivity index (χ1) is 18.2. The zero-order valence-electron chi connectivity index (χ0n) is 21.4. The van der Waals surface area contributed by atoms with Crippen LogP contribution in [0.25, 0.3) is 5.70 Å². The summed E-state index contributed by atoms with van der Waals surface area (Å²) in [6.07, 6.45) is 6.63. The van der Waals surface area contributed by atoms with Gasteiger partial charge in [0.05, 0.1) is 12.3 Å². The molecule has 0 aromatic heterocycles. The van der Waals surface area contributed by atoms with E-state index in [0.29, 0.717) is 22.4 Å². The summed E-state index contributed by atoms with van der Waals surface area (Å²) < 4.78 is 13.2. The average Bonchev–Trinajstić information content (AvgIpc) is 2.89. The van der Waals surface area contributed by atoms with E-state index in [2.05, 4.69) is 30.4 Å². The van der Waals surface area contributed by atoms with Crippen molar-refractivity contribution in [1.29, 1.82) is 0 Å². The summed E-state index contributed by atoms with van der Waals surface area (Å²) in [5, 5.41) is 6.52. The monoisotopic (exact) mass is 515 g/mol. The lowest BCUT2D eigenvalue weighted by Gasteiger charge is -2.34. The second-order valence-corrected chi connectivity index (χ2v) is 8.66. The van der Waals surface area contributed by atoms with Gasteiger partial charge in [-0.3, -0.25) is 19.2 Å². The highest BCUT2D eigenvalue weighted by Gasteiger charge is 2.41. The number of nitrogens with zero attached hydrogens (tertiary/aromatic N) is 1. The van der Waals surface area contributed by atoms with Crippen molar-refractivity contribution >= 4 is 29.1 Å². The van der Waals surface area contributed by atoms with Gasteiger partial charge in [-0.25, -0.2) is 4.39 Å². The number of hydroxylamine groups is 2. The molecule has 3 amide bonds. The van der Waals surface area contributed by atoms with E-state index < -0.39 is 23.6 Å². The number of hydrogen-bond donors (Lipinski definition) is 2. The number of nitrogens with one attached hydrogen (secondary N) is 2. The van der Waals surface area contributed by atoms with E-state index in [1.54, 1.807) is 61.6 Å². The minimum atomic E-state index is -1.23. The smallest absolute Gasteiger partial charge is 0.267 e. The number of fused-ring (bicyclic) bond motifs is 1. The molecule has 3 rings (SSSR count). The number of carbonyl (C=O) groups is 3. The standard InChI is InChI=1S/C30H30FN3O4/c1-6-8-19(3)18-38-34-21(5)26-16-24(33-28(35)20(4)9-7-2)14-15-25(26)27(30(34)37)29(36)32-17-22-10-12-23(31)13-11-22/h6-16,27H,1,4-5,17-18H2,2-3H3,(H,32,36)(H,33,35)/b9-7-,19-8+. The second kappa shape index (κ2) is 12.6. The first-order valence-corrected chi connectivity index (χ1v) is 11.9. The third kappa shape index (κ3) is 6.60. The van der Waals surface area contributed by atoms with Gasteiger partial charge in [0.2, 0.25) is 5.91 Å². The van der Waals surface area contributed by atoms with E-state index in [0.717, 1.165) is 10.6 Å². The van der Waals surface area contributed by atoms with Crippen LogP contribution in [0.2, 0.25) is 0 Å². The van der Waals surface area contributed by atoms with Crippen molar-refractivity contribution in [2.75, 3.05) is 11.9 Å². The van der Waals surface area contributed by atoms with Gasteiger partial charge < -0.3 is 10.6 Å². The Morgan fingerprint density at radius 2 is 1.89 bits per heavy atom. The molecular weight excluding hydrogens is 485 g/mol. The molecule has 1 aliphatic rings. The number of amides is 3. The van der Waals surface area contributed by atoms with Crippen LogP contribution in [0.5, 0.6) is 0 Å². The van der Waals surface area contributed by atoms with Gasteiger partial charge >= 0.3 is 0 Å². The van der Waals surface area contributed by atoms with Gasteiger partial charge in [-0.05, 0) is 54.8 Å². The highest BCUT2D eigenvalue weighted by Crippen LogP contribution is 2.37. The number of rotatable bonds is 10. The van der Waals surface area contributed by atoms with E-state index in [-0.39, 0.29) is 30.2 Å². The topological polar surface area (TPSA) is 87.7 Å². The first-order valence-electron chi connectivity index (χ1n) is 11.9. The minimum Gasteiger partial charge on any atom is -0.351 e. The van der Waals surface area contributed by atoms with Gasteiger partial charge in [-0.2, -0.15) is 5.06 Å². The van der Waals surface area contributed by atoms with Crippen LogP contribution in [0.3, 0.4) is 0 Å². The van der Waals surface area contributed by atoms with Crippen molar-refractivity contribution in [3.8, 4) is 0 Å². The minimum absolute atomic E-state index is 0.0651. The van der Waals surface area contributed by atoms with Crippen LogP contribution in [-0.4, -0.2) is 29.4 Å². The lowest BCUT2D eigenvalue weighted by Crippen LogP contribution is -2.45. The number of carbonyl (C=O) groups excluding carboxylic acids is 3. The lowest BCUT2D eigenvalue weighted by atomic mass is 9.87. The normalized spacial score (nSPS) is 15.3. The van der Waals surface area contributed by atoms with Crippen molar-refractivity contribution < 1.29 is 23.6 Å². The van der Waals surface area contributed by atoms with Crippen LogP contribution in [0.15, 0.2) is 97.7 Å². The Kier molecular flexibility index (Phi) is 9.29. The quantitative estimate of drug-likeness (QED) is 0.260. The third-order valence-electron chi connectivity index (χ3n) is 5.75. The molecule has 1 aliphatic heterocycles. The molecule has 2 aromatic carbocycles. The Hall–Kier alpha value is -4.56. The zero-order chi connectivity index (χ0) is 27.8. The maximum Gasteiger partial charge on any atom is 0.267 e. The predicted octanol–water partition coefficient (Wildman–Crippen LogP) is 5.17. The van der Waals surface area contributed by atoms with Crippen LogP contribution >= 0.6 is 0 Å². The summed E-state index contributed by atoms with van der Waals surface area (Å²) in [7, 11) is 0. The lowest BCUT2D eigenvalue weighted by molar-refractivity contribution is -0.168. The highest BCUT2D eigenvalue weighted by molar-refractivity contribution is 6.11. The van der Waals surface area contributed by atoms with E-state index in [9.17, 15) is 18.8 Å². The molecule has 1 atom stereocenters. The molecule has 0 saturated carbocycles. The molecule has 0 saturated heterocycles. The number of allylic oxidation sites excluding steroid dienone is 3. The number of hydrogen-bond acceptors (Lipinski definition) is 4. The summed E-state index contributed by atoms with van der Waals surface area (Å²) in [5.74, 6) is -3.18. The van der Waals surface area contributed by atoms with E-state index in [1.807, 2.05) is 6.92 Å². The fraction of sp³-hybridized carbons (Fsp3) is 0.167. The Morgan fingerprint density at radius 1 is 1.18 bits per heavy atom. The SMILES string of the molecule is C=C/C=C(\C)CON1C(=C)c2cc(NC(=O)C(=C)/C=C\C)ccc2C(C(=O)NCc2ccc(F)cc2)C1=O. The molecule has 7 nitrogen and oxygen atoms in total. The van der Waals surface area contributed by atoms with E-state index in [1.165, 1.54) is 12.1 Å². The van der Waals surface area contributed by atoms with Crippen LogP contribution < -0.4 is 10.6 Å². The molecule has 0 bridgehead atoms. The van der Waals surface area contributed by atoms with E-state index in [4.69, 9.17) is 4.84 Å². The second-order valence-electron chi connectivity index (χ2n) is 8.66. The van der Waals surface area contributed by atoms with Crippen molar-refractivity contribution in [3.05, 3.63) is 120 Å². The number of anilines is 1. The largest absolute Gasteiger partial charge is 0.351 e. The Morgan fingerprint density at radius 3 is 2.55 bits per heavy atom. The molecule has 0 spiro atoms. The Labute approximate surface area is 221 Å². The van der Waals surface area contributed by atoms with Crippen molar-refractivity contribution in [2.24, 2.45) is 0 Å². The molecule has 8 heteroatoms. The van der Waals surface area contributed by atoms with Gasteiger partial charge in [0.25, 0.3) is 11.8 Å². The molecule has 196 valence electrons. The predicted molar refractivity (Wildman–Crippen MR) is 146 cm³/mol. The fourth-order valence-electron chi connectivity index (χ4n) is 3.82. The van der Waals surface area contributed by atoms with Crippen LogP contribution in [-0.2, 0) is 25.8 Å². The summed E-state index contributed by atoms with van der Waals surface area (Å²) in [4.78, 5) is 45.0. The van der Waals surface area contributed by atoms with Crippen LogP contribution in [0.4, 0.5) is 10.1 Å². The molecule has 1 heterocycles. The van der Waals surface area contributed by atoms with Gasteiger partial charge in [-0.15, -0.1) is 0 Å². The molecular formula is C30H30FN3O4. The van der Waals surface area contributed by atoms with Gasteiger partial charge in [-0.1, -0.05) is 62.2 Å². The molecule has 1 unspecified atom stereocenters. The third-order valence-corrected chi connectivity index (χ3v) is 5.75. The maximum atomic E-state index is 13.5. The van der Waals surface area contributed by atoms with E-state index >= 15 is 0 Å². The molecule has 2 aromatic rings. The molecule has 0 aliphatic carbocycles. The highest BCUT2D eigenvalue weighted by atomic mass is 19.1. The summed E-state index contributed by atoms with van der Waals surface area (Å²) in [5.41, 5.74) is 3.28. The van der Waals surface area contributed by atoms with Crippen LogP contribution in [0.1, 0.15) is 36.5 Å². The Bertz CT molecular complexity index is 1340. The fourth-order valence-corrected chi connectivity index (χ4v) is 3.82. The average molecular weight is 516 g/mol. The van der Waals surface area contributed by atoms with Crippen molar-refractivity contribution in [3.63, 3.8) is 0 Å². The zero-order valence-corrected chi connectivity index (χ0v) is 21.4.